The number of hydrogen-bond acceptors (Lipinski definition) is 3. The van der Waals surface area contributed by atoms with Gasteiger partial charge in [-0.25, -0.2) is 0 Å². The lowest BCUT2D eigenvalue weighted by Crippen LogP contribution is -2.48. The van der Waals surface area contributed by atoms with Gasteiger partial charge in [-0.05, 0) is 50.5 Å². The zero-order chi connectivity index (χ0) is 17.3. The van der Waals surface area contributed by atoms with Gasteiger partial charge >= 0.3 is 0 Å². The Kier molecular flexibility index (Phi) is 4.55. The average molecular weight is 329 g/mol. The van der Waals surface area contributed by atoms with E-state index in [1.54, 1.807) is 21.9 Å². The van der Waals surface area contributed by atoms with Gasteiger partial charge in [0.25, 0.3) is 5.91 Å². The molecule has 1 aromatic carbocycles. The summed E-state index contributed by atoms with van der Waals surface area (Å²) in [4.78, 5) is 39.5. The maximum atomic E-state index is 12.8. The number of nitrogens with zero attached hydrogens (tertiary/aromatic N) is 2. The molecule has 2 heterocycles. The molecular weight excluding hydrogens is 306 g/mol. The van der Waals surface area contributed by atoms with Crippen LogP contribution in [0, 0.1) is 5.92 Å². The number of piperidine rings is 1. The molecule has 0 radical (unpaired) electrons. The lowest BCUT2D eigenvalue weighted by Gasteiger charge is -2.37. The van der Waals surface area contributed by atoms with E-state index < -0.39 is 0 Å². The fourth-order valence-corrected chi connectivity index (χ4v) is 3.49. The second-order valence-corrected chi connectivity index (χ2v) is 6.68. The van der Waals surface area contributed by atoms with E-state index in [-0.39, 0.29) is 29.7 Å². The van der Waals surface area contributed by atoms with Crippen molar-refractivity contribution in [2.75, 3.05) is 18.0 Å². The van der Waals surface area contributed by atoms with Gasteiger partial charge in [0.2, 0.25) is 11.8 Å². The topological polar surface area (TPSA) is 83.7 Å². The number of likely N-dealkylation sites (tertiary alicyclic amines) is 1. The van der Waals surface area contributed by atoms with Crippen LogP contribution in [-0.2, 0) is 9.59 Å². The molecule has 0 spiro atoms. The highest BCUT2D eigenvalue weighted by Crippen LogP contribution is 2.25. The molecule has 2 aliphatic rings. The zero-order valence-electron chi connectivity index (χ0n) is 13.9. The van der Waals surface area contributed by atoms with Crippen molar-refractivity contribution in [3.8, 4) is 0 Å². The Morgan fingerprint density at radius 2 is 1.88 bits per heavy atom. The van der Waals surface area contributed by atoms with Gasteiger partial charge < -0.3 is 15.5 Å². The molecule has 0 saturated carbocycles. The van der Waals surface area contributed by atoms with Crippen LogP contribution in [0.5, 0.6) is 0 Å². The molecule has 2 unspecified atom stereocenters. The molecule has 2 N–H and O–H groups in total. The first-order chi connectivity index (χ1) is 11.5. The monoisotopic (exact) mass is 329 g/mol. The highest BCUT2D eigenvalue weighted by molar-refractivity contribution is 5.98. The fraction of sp³-hybridized carbons (Fsp3) is 0.500. The summed E-state index contributed by atoms with van der Waals surface area (Å²) >= 11 is 0. The average Bonchev–Trinajstić information content (AvgIpc) is 3.00. The standard InChI is InChI=1S/C18H23N3O3/c1-12-4-5-14(17(19)23)11-21(12)18(24)13-6-8-15(9-7-13)20-10-2-3-16(20)22/h6-9,12,14H,2-5,10-11H2,1H3,(H2,19,23). The van der Waals surface area contributed by atoms with Crippen molar-refractivity contribution < 1.29 is 14.4 Å². The Labute approximate surface area is 141 Å². The predicted molar refractivity (Wildman–Crippen MR) is 90.4 cm³/mol. The molecule has 2 atom stereocenters. The summed E-state index contributed by atoms with van der Waals surface area (Å²) in [6, 6.07) is 7.23. The van der Waals surface area contributed by atoms with Crippen molar-refractivity contribution in [2.24, 2.45) is 11.7 Å². The molecule has 0 bridgehead atoms. The number of anilines is 1. The van der Waals surface area contributed by atoms with Crippen LogP contribution in [0.2, 0.25) is 0 Å². The smallest absolute Gasteiger partial charge is 0.254 e. The van der Waals surface area contributed by atoms with Crippen LogP contribution in [0.4, 0.5) is 5.69 Å². The number of benzene rings is 1. The summed E-state index contributed by atoms with van der Waals surface area (Å²) in [6.07, 6.45) is 2.97. The van der Waals surface area contributed by atoms with Gasteiger partial charge in [0.1, 0.15) is 0 Å². The summed E-state index contributed by atoms with van der Waals surface area (Å²) in [5, 5.41) is 0. The molecule has 2 fully saturated rings. The van der Waals surface area contributed by atoms with Gasteiger partial charge in [-0.3, -0.25) is 14.4 Å². The lowest BCUT2D eigenvalue weighted by molar-refractivity contribution is -0.123. The summed E-state index contributed by atoms with van der Waals surface area (Å²) in [5.74, 6) is -0.579. The highest BCUT2D eigenvalue weighted by atomic mass is 16.2. The summed E-state index contributed by atoms with van der Waals surface area (Å²) < 4.78 is 0. The van der Waals surface area contributed by atoms with E-state index in [1.165, 1.54) is 0 Å². The molecule has 3 amide bonds. The third-order valence-corrected chi connectivity index (χ3v) is 5.04. The number of carbonyl (C=O) groups is 3. The Bertz CT molecular complexity index is 656. The number of amides is 3. The van der Waals surface area contributed by atoms with Crippen LogP contribution < -0.4 is 10.6 Å². The molecule has 24 heavy (non-hydrogen) atoms. The van der Waals surface area contributed by atoms with Gasteiger partial charge in [-0.15, -0.1) is 0 Å². The molecule has 0 aliphatic carbocycles. The molecule has 2 saturated heterocycles. The molecule has 2 aliphatic heterocycles. The first-order valence-electron chi connectivity index (χ1n) is 8.48. The van der Waals surface area contributed by atoms with E-state index in [0.29, 0.717) is 18.5 Å². The van der Waals surface area contributed by atoms with Gasteiger partial charge in [0, 0.05) is 36.8 Å². The largest absolute Gasteiger partial charge is 0.369 e. The second-order valence-electron chi connectivity index (χ2n) is 6.68. The van der Waals surface area contributed by atoms with E-state index in [2.05, 4.69) is 0 Å². The van der Waals surface area contributed by atoms with E-state index in [1.807, 2.05) is 19.1 Å². The SMILES string of the molecule is CC1CCC(C(N)=O)CN1C(=O)c1ccc(N2CCCC2=O)cc1. The maximum Gasteiger partial charge on any atom is 0.254 e. The molecule has 0 aromatic heterocycles. The van der Waals surface area contributed by atoms with Crippen LogP contribution in [0.1, 0.15) is 43.0 Å². The second kappa shape index (κ2) is 6.63. The van der Waals surface area contributed by atoms with Gasteiger partial charge in [0.05, 0.1) is 5.92 Å². The molecular formula is C18H23N3O3. The van der Waals surface area contributed by atoms with Crippen molar-refractivity contribution in [1.29, 1.82) is 0 Å². The number of hydrogen-bond donors (Lipinski definition) is 1. The van der Waals surface area contributed by atoms with Crippen LogP contribution >= 0.6 is 0 Å². The molecule has 128 valence electrons. The summed E-state index contributed by atoms with van der Waals surface area (Å²) in [5.41, 5.74) is 6.80. The Balaban J connectivity index is 1.74. The van der Waals surface area contributed by atoms with Crippen molar-refractivity contribution in [3.63, 3.8) is 0 Å². The van der Waals surface area contributed by atoms with Gasteiger partial charge in [-0.1, -0.05) is 0 Å². The van der Waals surface area contributed by atoms with Crippen LogP contribution in [0.3, 0.4) is 0 Å². The maximum absolute atomic E-state index is 12.8. The van der Waals surface area contributed by atoms with Gasteiger partial charge in [0.15, 0.2) is 0 Å². The molecule has 1 aromatic rings. The predicted octanol–water partition coefficient (Wildman–Crippen LogP) is 1.54. The van der Waals surface area contributed by atoms with E-state index in [9.17, 15) is 14.4 Å². The summed E-state index contributed by atoms with van der Waals surface area (Å²) in [7, 11) is 0. The lowest BCUT2D eigenvalue weighted by atomic mass is 9.92. The highest BCUT2D eigenvalue weighted by Gasteiger charge is 2.32. The van der Waals surface area contributed by atoms with Crippen LogP contribution in [0.15, 0.2) is 24.3 Å². The van der Waals surface area contributed by atoms with Crippen molar-refractivity contribution in [1.82, 2.24) is 4.90 Å². The van der Waals surface area contributed by atoms with Crippen LogP contribution in [-0.4, -0.2) is 41.8 Å². The minimum atomic E-state index is -0.345. The number of nitrogens with two attached hydrogens (primary N) is 1. The summed E-state index contributed by atoms with van der Waals surface area (Å²) in [6.45, 7) is 3.10. The van der Waals surface area contributed by atoms with Crippen molar-refractivity contribution in [3.05, 3.63) is 29.8 Å². The Hall–Kier alpha value is -2.37. The van der Waals surface area contributed by atoms with Crippen molar-refractivity contribution >= 4 is 23.4 Å². The minimum absolute atomic E-state index is 0.0900. The Morgan fingerprint density at radius 1 is 1.17 bits per heavy atom. The quantitative estimate of drug-likeness (QED) is 0.913. The molecule has 6 nitrogen and oxygen atoms in total. The Morgan fingerprint density at radius 3 is 2.46 bits per heavy atom. The molecule has 6 heteroatoms. The van der Waals surface area contributed by atoms with Gasteiger partial charge in [-0.2, -0.15) is 0 Å². The first kappa shape index (κ1) is 16.5. The van der Waals surface area contributed by atoms with E-state index >= 15 is 0 Å². The third-order valence-electron chi connectivity index (χ3n) is 5.04. The first-order valence-corrected chi connectivity index (χ1v) is 8.48. The number of rotatable bonds is 3. The molecule has 3 rings (SSSR count). The van der Waals surface area contributed by atoms with Crippen molar-refractivity contribution in [2.45, 2.75) is 38.6 Å². The van der Waals surface area contributed by atoms with E-state index in [4.69, 9.17) is 5.73 Å². The zero-order valence-corrected chi connectivity index (χ0v) is 13.9. The number of carbonyl (C=O) groups excluding carboxylic acids is 3. The third kappa shape index (κ3) is 3.13. The number of primary amides is 1. The normalized spacial score (nSPS) is 24.3. The van der Waals surface area contributed by atoms with E-state index in [0.717, 1.165) is 31.5 Å². The fourth-order valence-electron chi connectivity index (χ4n) is 3.49. The van der Waals surface area contributed by atoms with Crippen LogP contribution in [0.25, 0.3) is 0 Å². The minimum Gasteiger partial charge on any atom is -0.369 e.